The van der Waals surface area contributed by atoms with Gasteiger partial charge in [0, 0.05) is 19.6 Å². The van der Waals surface area contributed by atoms with Crippen LogP contribution in [0.25, 0.3) is 0 Å². The molecule has 1 aromatic carbocycles. The summed E-state index contributed by atoms with van der Waals surface area (Å²) in [6, 6.07) is 10.6. The van der Waals surface area contributed by atoms with Crippen molar-refractivity contribution in [3.05, 3.63) is 47.7 Å². The van der Waals surface area contributed by atoms with Crippen molar-refractivity contribution in [2.75, 3.05) is 20.2 Å². The maximum atomic E-state index is 12.7. The second-order valence-corrected chi connectivity index (χ2v) is 7.87. The molecule has 2 saturated heterocycles. The fraction of sp³-hybridized carbons (Fsp3) is 0.550. The molecule has 2 heterocycles. The number of methoxy groups -OCH3 is 1. The van der Waals surface area contributed by atoms with Crippen LogP contribution in [-0.2, 0) is 16.0 Å². The van der Waals surface area contributed by atoms with Crippen molar-refractivity contribution in [3.8, 4) is 0 Å². The van der Waals surface area contributed by atoms with Crippen molar-refractivity contribution >= 4 is 6.09 Å². The lowest BCUT2D eigenvalue weighted by Crippen LogP contribution is -2.56. The summed E-state index contributed by atoms with van der Waals surface area (Å²) in [6.07, 6.45) is 2.43. The van der Waals surface area contributed by atoms with E-state index in [0.717, 1.165) is 26.1 Å². The predicted octanol–water partition coefficient (Wildman–Crippen LogP) is 3.41. The van der Waals surface area contributed by atoms with Crippen LogP contribution in [0.2, 0.25) is 0 Å². The van der Waals surface area contributed by atoms with Gasteiger partial charge >= 0.3 is 6.09 Å². The van der Waals surface area contributed by atoms with Crippen molar-refractivity contribution in [1.29, 1.82) is 0 Å². The van der Waals surface area contributed by atoms with Gasteiger partial charge in [0.1, 0.15) is 5.60 Å². The first kappa shape index (κ1) is 17.8. The molecule has 0 aromatic heterocycles. The topological polar surface area (TPSA) is 42.0 Å². The molecule has 136 valence electrons. The van der Waals surface area contributed by atoms with Gasteiger partial charge in [-0.05, 0) is 38.3 Å². The highest BCUT2D eigenvalue weighted by Gasteiger charge is 2.47. The molecule has 0 aliphatic carbocycles. The molecule has 25 heavy (non-hydrogen) atoms. The average Bonchev–Trinajstić information content (AvgIpc) is 2.75. The summed E-state index contributed by atoms with van der Waals surface area (Å²) in [4.78, 5) is 17.0. The Morgan fingerprint density at radius 2 is 1.96 bits per heavy atom. The van der Waals surface area contributed by atoms with Crippen LogP contribution in [0.3, 0.4) is 0 Å². The van der Waals surface area contributed by atoms with Crippen LogP contribution < -0.4 is 0 Å². The molecule has 1 amide bonds. The summed E-state index contributed by atoms with van der Waals surface area (Å²) in [5, 5.41) is 0. The van der Waals surface area contributed by atoms with Gasteiger partial charge in [0.05, 0.1) is 25.5 Å². The molecule has 0 spiro atoms. The Labute approximate surface area is 150 Å². The molecule has 2 bridgehead atoms. The number of carbonyl (C=O) groups is 1. The molecule has 1 aromatic rings. The lowest BCUT2D eigenvalue weighted by atomic mass is 10.1. The molecule has 3 rings (SSSR count). The summed E-state index contributed by atoms with van der Waals surface area (Å²) in [5.41, 5.74) is 1.99. The molecule has 2 atom stereocenters. The lowest BCUT2D eigenvalue weighted by Gasteiger charge is -2.41. The first-order chi connectivity index (χ1) is 11.9. The number of rotatable bonds is 3. The second kappa shape index (κ2) is 7.08. The molecule has 0 radical (unpaired) electrons. The normalized spacial score (nSPS) is 25.3. The van der Waals surface area contributed by atoms with E-state index in [0.29, 0.717) is 0 Å². The van der Waals surface area contributed by atoms with Gasteiger partial charge in [-0.15, -0.1) is 0 Å². The van der Waals surface area contributed by atoms with Crippen molar-refractivity contribution < 1.29 is 14.3 Å². The van der Waals surface area contributed by atoms with E-state index in [2.05, 4.69) is 29.2 Å². The Hall–Kier alpha value is -2.01. The Morgan fingerprint density at radius 1 is 1.24 bits per heavy atom. The van der Waals surface area contributed by atoms with Crippen LogP contribution in [0, 0.1) is 0 Å². The number of nitrogens with zero attached hydrogens (tertiary/aromatic N) is 2. The minimum absolute atomic E-state index is 0.0252. The molecule has 2 aliphatic rings. The summed E-state index contributed by atoms with van der Waals surface area (Å²) >= 11 is 0. The highest BCUT2D eigenvalue weighted by molar-refractivity contribution is 5.71. The number of carbonyl (C=O) groups excluding carboxylic acids is 1. The molecule has 0 N–H and O–H groups in total. The third kappa shape index (κ3) is 4.15. The van der Waals surface area contributed by atoms with Crippen LogP contribution in [-0.4, -0.2) is 53.8 Å². The Morgan fingerprint density at radius 3 is 2.60 bits per heavy atom. The zero-order valence-electron chi connectivity index (χ0n) is 15.6. The Kier molecular flexibility index (Phi) is 5.04. The molecule has 1 unspecified atom stereocenters. The van der Waals surface area contributed by atoms with Crippen molar-refractivity contribution in [2.45, 2.75) is 51.4 Å². The van der Waals surface area contributed by atoms with E-state index in [-0.39, 0.29) is 18.2 Å². The number of hydrogen-bond donors (Lipinski definition) is 0. The molecular weight excluding hydrogens is 316 g/mol. The SMILES string of the molecule is CO/C=C1\C[C@@H]2CN(Cc3ccccc3)CC1N2C(=O)OC(C)(C)C. The largest absolute Gasteiger partial charge is 0.504 e. The maximum absolute atomic E-state index is 12.7. The average molecular weight is 344 g/mol. The van der Waals surface area contributed by atoms with Crippen LogP contribution in [0.1, 0.15) is 32.8 Å². The van der Waals surface area contributed by atoms with Gasteiger partial charge in [0.15, 0.2) is 0 Å². The van der Waals surface area contributed by atoms with E-state index in [1.54, 1.807) is 13.4 Å². The minimum Gasteiger partial charge on any atom is -0.504 e. The highest BCUT2D eigenvalue weighted by Crippen LogP contribution is 2.36. The monoisotopic (exact) mass is 344 g/mol. The number of amides is 1. The fourth-order valence-corrected chi connectivity index (χ4v) is 3.75. The number of hydrogen-bond acceptors (Lipinski definition) is 4. The molecule has 5 nitrogen and oxygen atoms in total. The van der Waals surface area contributed by atoms with Gasteiger partial charge in [0.2, 0.25) is 0 Å². The number of ether oxygens (including phenoxy) is 2. The minimum atomic E-state index is -0.483. The molecule has 5 heteroatoms. The van der Waals surface area contributed by atoms with E-state index in [4.69, 9.17) is 9.47 Å². The van der Waals surface area contributed by atoms with E-state index in [9.17, 15) is 4.79 Å². The van der Waals surface area contributed by atoms with E-state index in [1.165, 1.54) is 11.1 Å². The predicted molar refractivity (Wildman–Crippen MR) is 97.1 cm³/mol. The van der Waals surface area contributed by atoms with Crippen molar-refractivity contribution in [3.63, 3.8) is 0 Å². The molecule has 0 saturated carbocycles. The zero-order valence-corrected chi connectivity index (χ0v) is 15.6. The highest BCUT2D eigenvalue weighted by atomic mass is 16.6. The summed E-state index contributed by atoms with van der Waals surface area (Å²) in [6.45, 7) is 8.28. The van der Waals surface area contributed by atoms with Crippen LogP contribution in [0.5, 0.6) is 0 Å². The number of piperazine rings is 1. The quantitative estimate of drug-likeness (QED) is 0.788. The van der Waals surface area contributed by atoms with Gasteiger partial charge in [-0.1, -0.05) is 30.3 Å². The van der Waals surface area contributed by atoms with Gasteiger partial charge < -0.3 is 9.47 Å². The molecular formula is C20H28N2O3. The summed E-state index contributed by atoms with van der Waals surface area (Å²) < 4.78 is 10.9. The first-order valence-electron chi connectivity index (χ1n) is 8.86. The van der Waals surface area contributed by atoms with Crippen molar-refractivity contribution in [2.24, 2.45) is 0 Å². The van der Waals surface area contributed by atoms with Gasteiger partial charge in [0.25, 0.3) is 0 Å². The fourth-order valence-electron chi connectivity index (χ4n) is 3.75. The van der Waals surface area contributed by atoms with Gasteiger partial charge in [-0.3, -0.25) is 9.80 Å². The summed E-state index contributed by atoms with van der Waals surface area (Å²) in [5.74, 6) is 0. The Bertz CT molecular complexity index is 636. The van der Waals surface area contributed by atoms with E-state index >= 15 is 0 Å². The van der Waals surface area contributed by atoms with E-state index < -0.39 is 5.60 Å². The van der Waals surface area contributed by atoms with Crippen LogP contribution in [0.15, 0.2) is 42.2 Å². The molecule has 2 fully saturated rings. The van der Waals surface area contributed by atoms with Crippen LogP contribution >= 0.6 is 0 Å². The van der Waals surface area contributed by atoms with Crippen molar-refractivity contribution in [1.82, 2.24) is 9.80 Å². The van der Waals surface area contributed by atoms with Crippen LogP contribution in [0.4, 0.5) is 4.79 Å². The number of benzene rings is 1. The van der Waals surface area contributed by atoms with Gasteiger partial charge in [-0.2, -0.15) is 0 Å². The standard InChI is InChI=1S/C20H28N2O3/c1-20(2,3)25-19(23)22-17-10-16(14-24-4)18(22)13-21(12-17)11-15-8-6-5-7-9-15/h5-9,14,17-18H,10-13H2,1-4H3/b16-14+/t17-,18?/m1/s1. The molecule has 2 aliphatic heterocycles. The Balaban J connectivity index is 1.76. The maximum Gasteiger partial charge on any atom is 0.411 e. The van der Waals surface area contributed by atoms with Gasteiger partial charge in [-0.25, -0.2) is 4.79 Å². The number of likely N-dealkylation sites (tertiary alicyclic amines) is 1. The third-order valence-electron chi connectivity index (χ3n) is 4.65. The third-order valence-corrected chi connectivity index (χ3v) is 4.65. The number of fused-ring (bicyclic) bond motifs is 2. The second-order valence-electron chi connectivity index (χ2n) is 7.87. The summed E-state index contributed by atoms with van der Waals surface area (Å²) in [7, 11) is 1.66. The van der Waals surface area contributed by atoms with E-state index in [1.807, 2.05) is 31.7 Å². The zero-order chi connectivity index (χ0) is 18.0. The smallest absolute Gasteiger partial charge is 0.411 e. The lowest BCUT2D eigenvalue weighted by molar-refractivity contribution is -0.00364. The first-order valence-corrected chi connectivity index (χ1v) is 8.86.